The Kier molecular flexibility index (Phi) is 9.06. The van der Waals surface area contributed by atoms with Gasteiger partial charge in [0.05, 0.1) is 0 Å². The van der Waals surface area contributed by atoms with Gasteiger partial charge < -0.3 is 15.4 Å². The third kappa shape index (κ3) is 8.34. The average molecular weight is 443 g/mol. The first-order valence-electron chi connectivity index (χ1n) is 10.7. The quantitative estimate of drug-likeness (QED) is 0.603. The summed E-state index contributed by atoms with van der Waals surface area (Å²) in [5.41, 5.74) is -0.615. The van der Waals surface area contributed by atoms with Gasteiger partial charge in [0.25, 0.3) is 0 Å². The molecule has 0 bridgehead atoms. The standard InChI is InChI=1S/C25H35N2O3P/c1-18(2)22(27-24(29)30-25(4,5)6)23(28)26-19(3)17-31(20-13-9-7-10-14-20)21-15-11-8-12-16-21/h7-16,18-19,22H,17H2,1-6H3,(H,26,28)(H,27,29)/t19-,22?/m0/s1. The summed E-state index contributed by atoms with van der Waals surface area (Å²) in [5, 5.41) is 8.38. The van der Waals surface area contributed by atoms with Crippen LogP contribution in [-0.2, 0) is 9.53 Å². The molecule has 0 saturated carbocycles. The van der Waals surface area contributed by atoms with Gasteiger partial charge in [-0.25, -0.2) is 4.79 Å². The van der Waals surface area contributed by atoms with Crippen molar-refractivity contribution in [2.75, 3.05) is 6.16 Å². The van der Waals surface area contributed by atoms with E-state index in [1.165, 1.54) is 10.6 Å². The highest BCUT2D eigenvalue weighted by Gasteiger charge is 2.28. The number of rotatable bonds is 8. The Hall–Kier alpha value is -2.39. The lowest BCUT2D eigenvalue weighted by atomic mass is 10.0. The van der Waals surface area contributed by atoms with Crippen LogP contribution < -0.4 is 21.2 Å². The summed E-state index contributed by atoms with van der Waals surface area (Å²) in [5.74, 6) is -0.256. The van der Waals surface area contributed by atoms with Gasteiger partial charge in [0.2, 0.25) is 5.91 Å². The molecule has 0 aliphatic heterocycles. The van der Waals surface area contributed by atoms with E-state index in [4.69, 9.17) is 4.74 Å². The predicted octanol–water partition coefficient (Wildman–Crippen LogP) is 4.17. The van der Waals surface area contributed by atoms with Crippen molar-refractivity contribution >= 4 is 30.5 Å². The van der Waals surface area contributed by atoms with Crippen molar-refractivity contribution in [2.24, 2.45) is 5.92 Å². The fourth-order valence-electron chi connectivity index (χ4n) is 3.20. The first-order valence-corrected chi connectivity index (χ1v) is 12.3. The first-order chi connectivity index (χ1) is 14.6. The normalized spacial score (nSPS) is 13.5. The van der Waals surface area contributed by atoms with Gasteiger partial charge in [-0.1, -0.05) is 74.5 Å². The average Bonchev–Trinajstić information content (AvgIpc) is 2.70. The summed E-state index contributed by atoms with van der Waals surface area (Å²) in [6.45, 7) is 11.2. The summed E-state index contributed by atoms with van der Waals surface area (Å²) in [6, 6.07) is 20.1. The van der Waals surface area contributed by atoms with Crippen LogP contribution in [0.4, 0.5) is 4.79 Å². The fraction of sp³-hybridized carbons (Fsp3) is 0.440. The van der Waals surface area contributed by atoms with Gasteiger partial charge in [-0.2, -0.15) is 0 Å². The molecule has 0 radical (unpaired) electrons. The van der Waals surface area contributed by atoms with Crippen molar-refractivity contribution in [1.29, 1.82) is 0 Å². The fourth-order valence-corrected chi connectivity index (χ4v) is 5.62. The molecule has 0 spiro atoms. The van der Waals surface area contributed by atoms with E-state index < -0.39 is 25.7 Å². The number of amides is 2. The van der Waals surface area contributed by atoms with E-state index >= 15 is 0 Å². The van der Waals surface area contributed by atoms with Crippen LogP contribution >= 0.6 is 7.92 Å². The zero-order valence-corrected chi connectivity index (χ0v) is 20.3. The summed E-state index contributed by atoms with van der Waals surface area (Å²) in [6.07, 6.45) is 0.233. The highest BCUT2D eigenvalue weighted by Crippen LogP contribution is 2.34. The van der Waals surface area contributed by atoms with E-state index in [0.29, 0.717) is 0 Å². The van der Waals surface area contributed by atoms with Crippen LogP contribution in [0, 0.1) is 5.92 Å². The molecule has 0 aromatic heterocycles. The molecule has 0 fully saturated rings. The van der Waals surface area contributed by atoms with Gasteiger partial charge in [-0.05, 0) is 58.3 Å². The lowest BCUT2D eigenvalue weighted by Gasteiger charge is -2.28. The molecule has 0 saturated heterocycles. The molecule has 6 heteroatoms. The molecular formula is C25H35N2O3P. The number of benzene rings is 2. The first kappa shape index (κ1) is 24.9. The van der Waals surface area contributed by atoms with Gasteiger partial charge in [0.1, 0.15) is 11.6 Å². The molecule has 2 aromatic rings. The maximum absolute atomic E-state index is 13.0. The maximum Gasteiger partial charge on any atom is 0.408 e. The second kappa shape index (κ2) is 11.3. The third-order valence-electron chi connectivity index (χ3n) is 4.60. The molecule has 0 heterocycles. The van der Waals surface area contributed by atoms with Crippen molar-refractivity contribution < 1.29 is 14.3 Å². The van der Waals surface area contributed by atoms with E-state index in [1.807, 2.05) is 32.9 Å². The Morgan fingerprint density at radius 1 is 0.871 bits per heavy atom. The zero-order chi connectivity index (χ0) is 23.0. The summed E-state index contributed by atoms with van der Waals surface area (Å²) < 4.78 is 5.33. The largest absolute Gasteiger partial charge is 0.444 e. The van der Waals surface area contributed by atoms with Crippen molar-refractivity contribution in [3.8, 4) is 0 Å². The minimum absolute atomic E-state index is 0.0549. The highest BCUT2D eigenvalue weighted by atomic mass is 31.1. The Morgan fingerprint density at radius 3 is 1.77 bits per heavy atom. The zero-order valence-electron chi connectivity index (χ0n) is 19.4. The van der Waals surface area contributed by atoms with Gasteiger partial charge in [-0.3, -0.25) is 4.79 Å². The maximum atomic E-state index is 13.0. The Morgan fingerprint density at radius 2 is 1.35 bits per heavy atom. The van der Waals surface area contributed by atoms with Crippen molar-refractivity contribution in [3.05, 3.63) is 60.7 Å². The summed E-state index contributed by atoms with van der Waals surface area (Å²) in [4.78, 5) is 25.2. The molecular weight excluding hydrogens is 407 g/mol. The van der Waals surface area contributed by atoms with E-state index in [9.17, 15) is 9.59 Å². The summed E-state index contributed by atoms with van der Waals surface area (Å²) >= 11 is 0. The van der Waals surface area contributed by atoms with E-state index in [1.54, 1.807) is 20.8 Å². The van der Waals surface area contributed by atoms with Gasteiger partial charge >= 0.3 is 6.09 Å². The number of nitrogens with one attached hydrogen (secondary N) is 2. The van der Waals surface area contributed by atoms with E-state index in [-0.39, 0.29) is 17.9 Å². The lowest BCUT2D eigenvalue weighted by molar-refractivity contribution is -0.124. The molecule has 168 valence electrons. The highest BCUT2D eigenvalue weighted by molar-refractivity contribution is 7.73. The molecule has 2 atom stereocenters. The van der Waals surface area contributed by atoms with Gasteiger partial charge in [-0.15, -0.1) is 0 Å². The number of alkyl carbamates (subject to hydrolysis) is 1. The number of hydrogen-bond acceptors (Lipinski definition) is 3. The molecule has 5 nitrogen and oxygen atoms in total. The van der Waals surface area contributed by atoms with E-state index in [2.05, 4.69) is 59.2 Å². The third-order valence-corrected chi connectivity index (χ3v) is 7.36. The Labute approximate surface area is 187 Å². The second-order valence-electron chi connectivity index (χ2n) is 9.06. The van der Waals surface area contributed by atoms with Gasteiger partial charge in [0, 0.05) is 6.04 Å². The number of carbonyl (C=O) groups is 2. The van der Waals surface area contributed by atoms with Crippen LogP contribution in [0.3, 0.4) is 0 Å². The van der Waals surface area contributed by atoms with Crippen LogP contribution in [-0.4, -0.2) is 35.8 Å². The Balaban J connectivity index is 2.09. The monoisotopic (exact) mass is 442 g/mol. The SMILES string of the molecule is CC(C)C(NC(=O)OC(C)(C)C)C(=O)N[C@@H](C)CP(c1ccccc1)c1ccccc1. The Bertz CT molecular complexity index is 795. The van der Waals surface area contributed by atoms with Crippen LogP contribution in [0.2, 0.25) is 0 Å². The second-order valence-corrected chi connectivity index (χ2v) is 11.3. The number of ether oxygens (including phenoxy) is 1. The van der Waals surface area contributed by atoms with Gasteiger partial charge in [0.15, 0.2) is 0 Å². The van der Waals surface area contributed by atoms with Crippen molar-refractivity contribution in [2.45, 2.75) is 59.2 Å². The number of hydrogen-bond donors (Lipinski definition) is 2. The molecule has 2 N–H and O–H groups in total. The van der Waals surface area contributed by atoms with E-state index in [0.717, 1.165) is 6.16 Å². The lowest BCUT2D eigenvalue weighted by Crippen LogP contribution is -2.53. The summed E-state index contributed by atoms with van der Waals surface area (Å²) in [7, 11) is -0.618. The molecule has 2 amide bonds. The van der Waals surface area contributed by atoms with Crippen LogP contribution in [0.25, 0.3) is 0 Å². The molecule has 0 aliphatic carbocycles. The number of carbonyl (C=O) groups excluding carboxylic acids is 2. The molecule has 0 aliphatic rings. The molecule has 31 heavy (non-hydrogen) atoms. The van der Waals surface area contributed by atoms with Crippen molar-refractivity contribution in [3.63, 3.8) is 0 Å². The van der Waals surface area contributed by atoms with Crippen LogP contribution in [0.1, 0.15) is 41.5 Å². The van der Waals surface area contributed by atoms with Crippen LogP contribution in [0.5, 0.6) is 0 Å². The predicted molar refractivity (Wildman–Crippen MR) is 130 cm³/mol. The minimum atomic E-state index is -0.656. The smallest absolute Gasteiger partial charge is 0.408 e. The topological polar surface area (TPSA) is 67.4 Å². The minimum Gasteiger partial charge on any atom is -0.444 e. The van der Waals surface area contributed by atoms with Crippen LogP contribution in [0.15, 0.2) is 60.7 Å². The molecule has 2 rings (SSSR count). The van der Waals surface area contributed by atoms with Crippen molar-refractivity contribution in [1.82, 2.24) is 10.6 Å². The molecule has 2 aromatic carbocycles. The molecule has 1 unspecified atom stereocenters.